The number of hydrogen-bond acceptors (Lipinski definition) is 6. The van der Waals surface area contributed by atoms with Gasteiger partial charge in [0.15, 0.2) is 0 Å². The van der Waals surface area contributed by atoms with Crippen LogP contribution in [-0.4, -0.2) is 24.6 Å². The van der Waals surface area contributed by atoms with Crippen LogP contribution in [0.1, 0.15) is 37.9 Å². The second-order valence-corrected chi connectivity index (χ2v) is 9.61. The van der Waals surface area contributed by atoms with Crippen LogP contribution in [0.5, 0.6) is 0 Å². The molecule has 2 heterocycles. The van der Waals surface area contributed by atoms with Crippen molar-refractivity contribution < 1.29 is 13.6 Å². The largest absolute Gasteiger partial charge is 0.346 e. The molecule has 1 aromatic carbocycles. The SMILES string of the molecule is Cc1csc([C@H](Cc2ccc(NS(=O)O)cc2)NC(=O)Cc2nc(C)sc2C)n1. The van der Waals surface area contributed by atoms with Crippen LogP contribution in [0.15, 0.2) is 29.6 Å². The van der Waals surface area contributed by atoms with Crippen molar-refractivity contribution in [1.82, 2.24) is 15.3 Å². The summed E-state index contributed by atoms with van der Waals surface area (Å²) in [5.74, 6) is -0.0924. The molecule has 0 radical (unpaired) electrons. The third kappa shape index (κ3) is 6.17. The van der Waals surface area contributed by atoms with E-state index in [0.717, 1.165) is 31.8 Å². The first-order chi connectivity index (χ1) is 13.8. The highest BCUT2D eigenvalue weighted by Gasteiger charge is 2.20. The quantitative estimate of drug-likeness (QED) is 0.454. The second-order valence-electron chi connectivity index (χ2n) is 6.61. The molecule has 154 valence electrons. The number of aromatic nitrogens is 2. The molecule has 3 N–H and O–H groups in total. The number of rotatable bonds is 8. The minimum absolute atomic E-state index is 0.0924. The number of hydrogen-bond donors (Lipinski definition) is 3. The Morgan fingerprint density at radius 3 is 2.48 bits per heavy atom. The molecule has 0 spiro atoms. The van der Waals surface area contributed by atoms with Crippen LogP contribution in [-0.2, 0) is 28.9 Å². The molecule has 0 aliphatic heterocycles. The van der Waals surface area contributed by atoms with E-state index in [9.17, 15) is 9.00 Å². The molecule has 1 unspecified atom stereocenters. The monoisotopic (exact) mass is 450 g/mol. The van der Waals surface area contributed by atoms with Gasteiger partial charge in [0.05, 0.1) is 23.2 Å². The molecule has 2 aromatic heterocycles. The maximum absolute atomic E-state index is 12.7. The zero-order valence-electron chi connectivity index (χ0n) is 16.3. The number of benzene rings is 1. The summed E-state index contributed by atoms with van der Waals surface area (Å²) in [5, 5.41) is 6.86. The summed E-state index contributed by atoms with van der Waals surface area (Å²) in [7, 11) is 0. The second kappa shape index (κ2) is 9.57. The van der Waals surface area contributed by atoms with Gasteiger partial charge in [-0.05, 0) is 44.9 Å². The smallest absolute Gasteiger partial charge is 0.259 e. The Bertz CT molecular complexity index is 1010. The molecule has 0 aliphatic carbocycles. The maximum Gasteiger partial charge on any atom is 0.259 e. The lowest BCUT2D eigenvalue weighted by molar-refractivity contribution is -0.121. The third-order valence-electron chi connectivity index (χ3n) is 4.20. The van der Waals surface area contributed by atoms with E-state index in [-0.39, 0.29) is 18.4 Å². The van der Waals surface area contributed by atoms with Crippen molar-refractivity contribution in [2.45, 2.75) is 39.7 Å². The molecule has 7 nitrogen and oxygen atoms in total. The average molecular weight is 451 g/mol. The lowest BCUT2D eigenvalue weighted by atomic mass is 10.1. The number of aryl methyl sites for hydroxylation is 3. The molecule has 2 atom stereocenters. The van der Waals surface area contributed by atoms with Gasteiger partial charge in [0.2, 0.25) is 5.91 Å². The van der Waals surface area contributed by atoms with E-state index < -0.39 is 11.3 Å². The molecular weight excluding hydrogens is 428 g/mol. The average Bonchev–Trinajstić information content (AvgIpc) is 3.20. The summed E-state index contributed by atoms with van der Waals surface area (Å²) in [6.07, 6.45) is 0.804. The van der Waals surface area contributed by atoms with Crippen LogP contribution in [0, 0.1) is 20.8 Å². The minimum Gasteiger partial charge on any atom is -0.346 e. The Kier molecular flexibility index (Phi) is 7.12. The number of carbonyl (C=O) groups excluding carboxylic acids is 1. The fraction of sp³-hybridized carbons (Fsp3) is 0.316. The first-order valence-corrected chi connectivity index (χ1v) is 11.7. The van der Waals surface area contributed by atoms with Crippen LogP contribution < -0.4 is 10.0 Å². The Morgan fingerprint density at radius 1 is 1.21 bits per heavy atom. The van der Waals surface area contributed by atoms with Crippen molar-refractivity contribution in [3.8, 4) is 0 Å². The normalized spacial score (nSPS) is 13.1. The number of anilines is 1. The Balaban J connectivity index is 1.73. The lowest BCUT2D eigenvalue weighted by Gasteiger charge is -2.17. The molecule has 0 saturated heterocycles. The number of nitrogens with one attached hydrogen (secondary N) is 2. The fourth-order valence-electron chi connectivity index (χ4n) is 2.91. The molecule has 0 saturated carbocycles. The summed E-state index contributed by atoms with van der Waals surface area (Å²) in [6.45, 7) is 5.84. The van der Waals surface area contributed by atoms with Crippen LogP contribution in [0.2, 0.25) is 0 Å². The highest BCUT2D eigenvalue weighted by atomic mass is 32.2. The van der Waals surface area contributed by atoms with Gasteiger partial charge in [0.1, 0.15) is 5.01 Å². The van der Waals surface area contributed by atoms with Gasteiger partial charge >= 0.3 is 0 Å². The van der Waals surface area contributed by atoms with E-state index >= 15 is 0 Å². The molecular formula is C19H22N4O3S3. The van der Waals surface area contributed by atoms with E-state index in [4.69, 9.17) is 4.55 Å². The zero-order valence-corrected chi connectivity index (χ0v) is 18.7. The van der Waals surface area contributed by atoms with E-state index in [0.29, 0.717) is 12.1 Å². The standard InChI is InChI=1S/C19H22N4O3S3/c1-11-10-27-19(20-11)17(8-14-4-6-15(7-5-14)23-29(25)26)22-18(24)9-16-12(2)28-13(3)21-16/h4-7,10,17,23H,8-9H2,1-3H3,(H,22,24)(H,25,26)/t17-/m0/s1. The number of carbonyl (C=O) groups is 1. The summed E-state index contributed by atoms with van der Waals surface area (Å²) >= 11 is 1.00. The Labute approximate surface area is 180 Å². The van der Waals surface area contributed by atoms with E-state index in [1.54, 1.807) is 23.5 Å². The number of amides is 1. The highest BCUT2D eigenvalue weighted by molar-refractivity contribution is 7.80. The summed E-state index contributed by atoms with van der Waals surface area (Å²) in [4.78, 5) is 22.7. The third-order valence-corrected chi connectivity index (χ3v) is 6.61. The van der Waals surface area contributed by atoms with Crippen LogP contribution >= 0.6 is 22.7 Å². The highest BCUT2D eigenvalue weighted by Crippen LogP contribution is 2.24. The molecule has 3 rings (SSSR count). The van der Waals surface area contributed by atoms with Gasteiger partial charge in [-0.15, -0.1) is 22.7 Å². The molecule has 29 heavy (non-hydrogen) atoms. The molecule has 0 aliphatic rings. The Hall–Kier alpha value is -2.14. The van der Waals surface area contributed by atoms with Crippen molar-refractivity contribution in [2.24, 2.45) is 0 Å². The van der Waals surface area contributed by atoms with Crippen molar-refractivity contribution in [2.75, 3.05) is 4.72 Å². The van der Waals surface area contributed by atoms with Gasteiger partial charge in [0, 0.05) is 21.6 Å². The Morgan fingerprint density at radius 2 is 1.93 bits per heavy atom. The van der Waals surface area contributed by atoms with Gasteiger partial charge in [0.25, 0.3) is 11.3 Å². The first-order valence-electron chi connectivity index (χ1n) is 8.91. The zero-order chi connectivity index (χ0) is 21.0. The molecule has 1 amide bonds. The molecule has 10 heteroatoms. The van der Waals surface area contributed by atoms with Gasteiger partial charge in [-0.1, -0.05) is 12.1 Å². The van der Waals surface area contributed by atoms with Gasteiger partial charge in [-0.25, -0.2) is 14.2 Å². The molecule has 0 fully saturated rings. The number of nitrogens with zero attached hydrogens (tertiary/aromatic N) is 2. The van der Waals surface area contributed by atoms with E-state index in [1.807, 2.05) is 38.3 Å². The van der Waals surface area contributed by atoms with Crippen molar-refractivity contribution in [3.63, 3.8) is 0 Å². The van der Waals surface area contributed by atoms with Gasteiger partial charge < -0.3 is 5.32 Å². The predicted octanol–water partition coefficient (Wildman–Crippen LogP) is 3.72. The van der Waals surface area contributed by atoms with Gasteiger partial charge in [-0.3, -0.25) is 14.1 Å². The summed E-state index contributed by atoms with van der Waals surface area (Å²) < 4.78 is 22.2. The maximum atomic E-state index is 12.7. The summed E-state index contributed by atoms with van der Waals surface area (Å²) in [6, 6.07) is 6.94. The van der Waals surface area contributed by atoms with Crippen molar-refractivity contribution in [3.05, 3.63) is 61.5 Å². The molecule has 0 bridgehead atoms. The lowest BCUT2D eigenvalue weighted by Crippen LogP contribution is -2.31. The summed E-state index contributed by atoms with van der Waals surface area (Å²) in [5.41, 5.74) is 3.26. The minimum atomic E-state index is -2.11. The first kappa shape index (κ1) is 21.6. The van der Waals surface area contributed by atoms with Crippen molar-refractivity contribution >= 4 is 45.5 Å². The van der Waals surface area contributed by atoms with Crippen LogP contribution in [0.3, 0.4) is 0 Å². The molecule has 3 aromatic rings. The fourth-order valence-corrected chi connectivity index (χ4v) is 4.93. The van der Waals surface area contributed by atoms with Crippen molar-refractivity contribution in [1.29, 1.82) is 0 Å². The topological polar surface area (TPSA) is 104 Å². The van der Waals surface area contributed by atoms with E-state index in [2.05, 4.69) is 20.0 Å². The van der Waals surface area contributed by atoms with Crippen LogP contribution in [0.25, 0.3) is 0 Å². The van der Waals surface area contributed by atoms with Gasteiger partial charge in [-0.2, -0.15) is 0 Å². The van der Waals surface area contributed by atoms with Crippen LogP contribution in [0.4, 0.5) is 5.69 Å². The van der Waals surface area contributed by atoms with E-state index in [1.165, 1.54) is 11.3 Å². The predicted molar refractivity (Wildman–Crippen MR) is 118 cm³/mol. The number of thiazole rings is 2.